The van der Waals surface area contributed by atoms with Gasteiger partial charge in [0.05, 0.1) is 0 Å². The molecule has 6 heteroatoms. The van der Waals surface area contributed by atoms with Gasteiger partial charge in [-0.15, -0.1) is 0 Å². The molecule has 2 aliphatic carbocycles. The van der Waals surface area contributed by atoms with Gasteiger partial charge in [-0.1, -0.05) is 42.2 Å². The Balaban J connectivity index is 1.86. The van der Waals surface area contributed by atoms with E-state index in [0.717, 1.165) is 37.3 Å². The predicted octanol–water partition coefficient (Wildman–Crippen LogP) is 3.28. The Morgan fingerprint density at radius 2 is 2.10 bits per heavy atom. The summed E-state index contributed by atoms with van der Waals surface area (Å²) in [6.07, 6.45) is 7.97. The van der Waals surface area contributed by atoms with Crippen LogP contribution in [-0.4, -0.2) is 6.03 Å². The van der Waals surface area contributed by atoms with Crippen LogP contribution in [0.5, 0.6) is 0 Å². The number of urea groups is 1. The fourth-order valence-electron chi connectivity index (χ4n) is 3.27. The molecule has 0 spiro atoms. The Bertz CT molecular complexity index is 628. The average molecular weight is 306 g/mol. The van der Waals surface area contributed by atoms with Crippen LogP contribution in [0.4, 0.5) is 10.5 Å². The van der Waals surface area contributed by atoms with Crippen molar-refractivity contribution in [1.29, 1.82) is 4.78 Å². The number of benzene rings is 1. The van der Waals surface area contributed by atoms with E-state index in [2.05, 4.69) is 22.2 Å². The third-order valence-electron chi connectivity index (χ3n) is 4.53. The van der Waals surface area contributed by atoms with Crippen molar-refractivity contribution in [2.24, 2.45) is 5.92 Å². The molecule has 114 valence electrons. The molecule has 0 atom stereocenters. The standard InChI is InChI=1S/C15H20N3O2S/c16-21(20)18-15(19)17-14-12(9-10-3-1-4-10)8-7-11-5-2-6-13(11)14/h7-8,10H,1-6,9H2,(H3,16,17,18,19,20)/q-1. The molecule has 0 bridgehead atoms. The smallest absolute Gasteiger partial charge is 0.303 e. The lowest BCUT2D eigenvalue weighted by Gasteiger charge is -2.27. The predicted molar refractivity (Wildman–Crippen MR) is 82.4 cm³/mol. The fourth-order valence-corrected chi connectivity index (χ4v) is 3.49. The van der Waals surface area contributed by atoms with Crippen molar-refractivity contribution >= 4 is 22.5 Å². The zero-order valence-electron chi connectivity index (χ0n) is 11.9. The summed E-state index contributed by atoms with van der Waals surface area (Å²) in [4.78, 5) is 11.8. The number of nitrogens with one attached hydrogen (secondary N) is 3. The first-order valence-electron chi connectivity index (χ1n) is 7.48. The van der Waals surface area contributed by atoms with Gasteiger partial charge in [0.15, 0.2) is 0 Å². The Morgan fingerprint density at radius 1 is 1.29 bits per heavy atom. The van der Waals surface area contributed by atoms with Gasteiger partial charge in [-0.05, 0) is 48.3 Å². The maximum absolute atomic E-state index is 11.8. The van der Waals surface area contributed by atoms with Crippen LogP contribution in [0.3, 0.4) is 0 Å². The molecule has 0 aliphatic heterocycles. The molecule has 21 heavy (non-hydrogen) atoms. The van der Waals surface area contributed by atoms with E-state index in [4.69, 9.17) is 4.78 Å². The number of carbonyl (C=O) groups is 1. The fraction of sp³-hybridized carbons (Fsp3) is 0.533. The molecule has 1 fully saturated rings. The second-order valence-corrected chi connectivity index (χ2v) is 6.66. The van der Waals surface area contributed by atoms with E-state index in [-0.39, 0.29) is 0 Å². The minimum Gasteiger partial charge on any atom is -0.424 e. The molecule has 0 saturated heterocycles. The molecule has 1 saturated carbocycles. The van der Waals surface area contributed by atoms with Gasteiger partial charge in [0.25, 0.3) is 0 Å². The first-order valence-corrected chi connectivity index (χ1v) is 8.62. The zero-order valence-corrected chi connectivity index (χ0v) is 12.7. The highest BCUT2D eigenvalue weighted by Gasteiger charge is 2.23. The summed E-state index contributed by atoms with van der Waals surface area (Å²) in [7, 11) is -2.09. The molecule has 5 nitrogen and oxygen atoms in total. The van der Waals surface area contributed by atoms with Crippen molar-refractivity contribution in [1.82, 2.24) is 4.72 Å². The lowest BCUT2D eigenvalue weighted by molar-refractivity contribution is 0.257. The van der Waals surface area contributed by atoms with Crippen LogP contribution >= 0.6 is 0 Å². The van der Waals surface area contributed by atoms with Gasteiger partial charge in [-0.3, -0.25) is 4.79 Å². The first-order chi connectivity index (χ1) is 10.1. The van der Waals surface area contributed by atoms with Crippen LogP contribution in [0, 0.1) is 10.7 Å². The summed E-state index contributed by atoms with van der Waals surface area (Å²) in [6.45, 7) is 0. The highest BCUT2D eigenvalue weighted by molar-refractivity contribution is 7.72. The minimum absolute atomic E-state index is 0.557. The van der Waals surface area contributed by atoms with Gasteiger partial charge in [0.1, 0.15) is 0 Å². The van der Waals surface area contributed by atoms with Gasteiger partial charge >= 0.3 is 6.03 Å². The summed E-state index contributed by atoms with van der Waals surface area (Å²) >= 11 is 0. The van der Waals surface area contributed by atoms with Gasteiger partial charge in [-0.2, -0.15) is 0 Å². The zero-order chi connectivity index (χ0) is 14.8. The van der Waals surface area contributed by atoms with E-state index < -0.39 is 16.8 Å². The van der Waals surface area contributed by atoms with Crippen molar-refractivity contribution < 1.29 is 9.00 Å². The maximum Gasteiger partial charge on any atom is 0.303 e. The van der Waals surface area contributed by atoms with Crippen molar-refractivity contribution in [2.45, 2.75) is 44.9 Å². The SMILES string of the molecule is N=[S-](=O)NC(=O)Nc1c(CC2CCC2)ccc2c1CCC2. The van der Waals surface area contributed by atoms with Gasteiger partial charge in [0.2, 0.25) is 0 Å². The second kappa shape index (κ2) is 6.05. The van der Waals surface area contributed by atoms with Crippen LogP contribution in [0.2, 0.25) is 0 Å². The molecule has 0 aromatic heterocycles. The van der Waals surface area contributed by atoms with Crippen LogP contribution in [-0.2, 0) is 34.3 Å². The number of carbonyl (C=O) groups excluding carboxylic acids is 1. The maximum atomic E-state index is 11.8. The van der Waals surface area contributed by atoms with Crippen molar-refractivity contribution in [3.63, 3.8) is 0 Å². The van der Waals surface area contributed by atoms with Gasteiger partial charge in [0, 0.05) is 5.69 Å². The molecular formula is C15H20N3O2S-. The number of hydrogen-bond donors (Lipinski definition) is 3. The molecule has 2 amide bonds. The van der Waals surface area contributed by atoms with Crippen molar-refractivity contribution in [3.8, 4) is 0 Å². The lowest BCUT2D eigenvalue weighted by atomic mass is 9.80. The lowest BCUT2D eigenvalue weighted by Crippen LogP contribution is -2.28. The van der Waals surface area contributed by atoms with Gasteiger partial charge < -0.3 is 19.0 Å². The van der Waals surface area contributed by atoms with E-state index in [1.807, 2.05) is 0 Å². The summed E-state index contributed by atoms with van der Waals surface area (Å²) in [5.74, 6) is 0.721. The molecule has 1 aromatic carbocycles. The van der Waals surface area contributed by atoms with Crippen LogP contribution in [0.1, 0.15) is 42.4 Å². The number of amides is 2. The number of anilines is 1. The Hall–Kier alpha value is -1.56. The van der Waals surface area contributed by atoms with E-state index in [9.17, 15) is 9.00 Å². The van der Waals surface area contributed by atoms with Crippen LogP contribution in [0.15, 0.2) is 12.1 Å². The van der Waals surface area contributed by atoms with Crippen molar-refractivity contribution in [2.75, 3.05) is 5.32 Å². The molecular weight excluding hydrogens is 286 g/mol. The average Bonchev–Trinajstić information content (AvgIpc) is 2.83. The van der Waals surface area contributed by atoms with Gasteiger partial charge in [-0.25, -0.2) is 0 Å². The summed E-state index contributed by atoms with van der Waals surface area (Å²) in [5.41, 5.74) is 4.58. The van der Waals surface area contributed by atoms with E-state index in [1.165, 1.54) is 36.0 Å². The van der Waals surface area contributed by atoms with E-state index in [0.29, 0.717) is 0 Å². The molecule has 1 aromatic rings. The van der Waals surface area contributed by atoms with E-state index >= 15 is 0 Å². The normalized spacial score (nSPS) is 17.4. The molecule has 3 rings (SSSR count). The molecule has 2 aliphatic rings. The van der Waals surface area contributed by atoms with Crippen LogP contribution < -0.4 is 10.0 Å². The molecule has 0 unspecified atom stereocenters. The first kappa shape index (κ1) is 14.4. The minimum atomic E-state index is -2.09. The highest BCUT2D eigenvalue weighted by atomic mass is 32.2. The number of rotatable bonds is 4. The summed E-state index contributed by atoms with van der Waals surface area (Å²) in [6, 6.07) is 3.75. The largest absolute Gasteiger partial charge is 0.424 e. The summed E-state index contributed by atoms with van der Waals surface area (Å²) in [5, 5.41) is 2.83. The van der Waals surface area contributed by atoms with Crippen LogP contribution in [0.25, 0.3) is 0 Å². The molecule has 3 N–H and O–H groups in total. The third kappa shape index (κ3) is 3.20. The van der Waals surface area contributed by atoms with E-state index in [1.54, 1.807) is 0 Å². The summed E-state index contributed by atoms with van der Waals surface area (Å²) < 4.78 is 19.8. The number of fused-ring (bicyclic) bond motifs is 1. The number of aryl methyl sites for hydroxylation is 1. The third-order valence-corrected chi connectivity index (χ3v) is 4.90. The quantitative estimate of drug-likeness (QED) is 0.746. The molecule has 0 heterocycles. The Labute approximate surface area is 126 Å². The molecule has 0 radical (unpaired) electrons. The Morgan fingerprint density at radius 3 is 2.76 bits per heavy atom. The monoisotopic (exact) mass is 306 g/mol. The second-order valence-electron chi connectivity index (χ2n) is 5.92. The Kier molecular flexibility index (Phi) is 4.14. The highest BCUT2D eigenvalue weighted by Crippen LogP contribution is 2.36. The topological polar surface area (TPSA) is 82.1 Å². The number of hydrogen-bond acceptors (Lipinski definition) is 4. The van der Waals surface area contributed by atoms with Crippen molar-refractivity contribution in [3.05, 3.63) is 28.8 Å².